The van der Waals surface area contributed by atoms with Gasteiger partial charge in [-0.2, -0.15) is 0 Å². The summed E-state index contributed by atoms with van der Waals surface area (Å²) in [5, 5.41) is 3.69. The van der Waals surface area contributed by atoms with E-state index in [2.05, 4.69) is 10.2 Å². The first-order valence-corrected chi connectivity index (χ1v) is 10.6. The minimum atomic E-state index is -0.229. The van der Waals surface area contributed by atoms with Crippen LogP contribution in [0, 0.1) is 12.8 Å². The van der Waals surface area contributed by atoms with Crippen molar-refractivity contribution in [1.82, 2.24) is 0 Å². The van der Waals surface area contributed by atoms with Crippen molar-refractivity contribution in [3.05, 3.63) is 53.1 Å². The van der Waals surface area contributed by atoms with Gasteiger partial charge in [0, 0.05) is 30.5 Å². The van der Waals surface area contributed by atoms with Crippen molar-refractivity contribution in [3.63, 3.8) is 0 Å². The predicted octanol–water partition coefficient (Wildman–Crippen LogP) is 4.15. The Hall–Kier alpha value is -2.73. The first kappa shape index (κ1) is 22.0. The summed E-state index contributed by atoms with van der Waals surface area (Å²) >= 11 is 5.95. The molecule has 160 valence electrons. The smallest absolute Gasteiger partial charge is 0.224 e. The molecule has 0 aliphatic carbocycles. The number of halogens is 1. The molecule has 7 heteroatoms. The summed E-state index contributed by atoms with van der Waals surface area (Å²) in [5.41, 5.74) is 8.16. The number of anilines is 2. The van der Waals surface area contributed by atoms with Gasteiger partial charge >= 0.3 is 0 Å². The maximum Gasteiger partial charge on any atom is 0.224 e. The topological polar surface area (TPSA) is 84.7 Å². The number of benzene rings is 2. The van der Waals surface area contributed by atoms with Crippen LogP contribution in [-0.2, 0) is 9.59 Å². The number of nitrogens with one attached hydrogen (secondary N) is 1. The summed E-state index contributed by atoms with van der Waals surface area (Å²) in [5.74, 6) is 0.440. The molecule has 1 aliphatic rings. The number of hydrogen-bond donors (Lipinski definition) is 2. The van der Waals surface area contributed by atoms with Crippen LogP contribution in [-0.4, -0.2) is 31.5 Å². The van der Waals surface area contributed by atoms with Crippen LogP contribution in [0.4, 0.5) is 11.4 Å². The van der Waals surface area contributed by atoms with E-state index < -0.39 is 0 Å². The lowest BCUT2D eigenvalue weighted by atomic mass is 9.96. The highest BCUT2D eigenvalue weighted by atomic mass is 35.5. The average molecular weight is 430 g/mol. The van der Waals surface area contributed by atoms with Crippen LogP contribution < -0.4 is 20.7 Å². The third kappa shape index (κ3) is 5.89. The number of nitrogens with two attached hydrogens (primary N) is 1. The third-order valence-corrected chi connectivity index (χ3v) is 5.59. The first-order valence-electron chi connectivity index (χ1n) is 10.3. The first-order chi connectivity index (χ1) is 14.4. The van der Waals surface area contributed by atoms with E-state index in [4.69, 9.17) is 22.1 Å². The summed E-state index contributed by atoms with van der Waals surface area (Å²) < 4.78 is 5.76. The van der Waals surface area contributed by atoms with Gasteiger partial charge < -0.3 is 20.7 Å². The number of nitrogens with zero attached hydrogens (tertiary/aromatic N) is 1. The van der Waals surface area contributed by atoms with Crippen molar-refractivity contribution in [2.75, 3.05) is 29.9 Å². The number of para-hydroxylation sites is 2. The van der Waals surface area contributed by atoms with E-state index in [0.29, 0.717) is 24.5 Å². The zero-order chi connectivity index (χ0) is 21.5. The molecule has 0 saturated carbocycles. The highest BCUT2D eigenvalue weighted by Crippen LogP contribution is 2.30. The van der Waals surface area contributed by atoms with Crippen LogP contribution in [0.1, 0.15) is 31.2 Å². The number of aryl methyl sites for hydroxylation is 1. The Kier molecular flexibility index (Phi) is 7.57. The molecule has 6 nitrogen and oxygen atoms in total. The van der Waals surface area contributed by atoms with Gasteiger partial charge in [-0.15, -0.1) is 0 Å². The number of amides is 2. The van der Waals surface area contributed by atoms with E-state index in [1.165, 1.54) is 0 Å². The van der Waals surface area contributed by atoms with E-state index in [-0.39, 0.29) is 17.7 Å². The summed E-state index contributed by atoms with van der Waals surface area (Å²) in [6, 6.07) is 13.2. The fourth-order valence-electron chi connectivity index (χ4n) is 3.66. The molecule has 1 fully saturated rings. The van der Waals surface area contributed by atoms with Crippen LogP contribution in [0.2, 0.25) is 5.02 Å². The molecule has 3 rings (SSSR count). The lowest BCUT2D eigenvalue weighted by molar-refractivity contribution is -0.122. The SMILES string of the molecule is Cc1cc(Cl)ccc1OCCCC(=O)Nc1ccccc1N1CCC(C(N)=O)CC1. The number of carbonyl (C=O) groups excluding carboxylic acids is 2. The van der Waals surface area contributed by atoms with Crippen molar-refractivity contribution in [2.45, 2.75) is 32.6 Å². The van der Waals surface area contributed by atoms with Crippen molar-refractivity contribution in [1.29, 1.82) is 0 Å². The number of ether oxygens (including phenoxy) is 1. The molecule has 30 heavy (non-hydrogen) atoms. The van der Waals surface area contributed by atoms with E-state index in [1.807, 2.05) is 43.3 Å². The van der Waals surface area contributed by atoms with E-state index in [9.17, 15) is 9.59 Å². The molecule has 0 unspecified atom stereocenters. The van der Waals surface area contributed by atoms with Gasteiger partial charge in [0.1, 0.15) is 5.75 Å². The molecule has 2 aromatic carbocycles. The van der Waals surface area contributed by atoms with E-state index in [0.717, 1.165) is 48.6 Å². The number of hydrogen-bond acceptors (Lipinski definition) is 4. The molecule has 2 aromatic rings. The van der Waals surface area contributed by atoms with Gasteiger partial charge in [-0.05, 0) is 62.1 Å². The minimum Gasteiger partial charge on any atom is -0.493 e. The second-order valence-electron chi connectivity index (χ2n) is 7.59. The van der Waals surface area contributed by atoms with E-state index in [1.54, 1.807) is 6.07 Å². The standard InChI is InChI=1S/C23H28ClN3O3/c1-16-15-18(24)8-9-21(16)30-14-4-7-22(28)26-19-5-2-3-6-20(19)27-12-10-17(11-13-27)23(25)29/h2-3,5-6,8-9,15,17H,4,7,10-14H2,1H3,(H2,25,29)(H,26,28). The zero-order valence-electron chi connectivity index (χ0n) is 17.2. The minimum absolute atomic E-state index is 0.0501. The van der Waals surface area contributed by atoms with Gasteiger partial charge in [0.15, 0.2) is 0 Å². The van der Waals surface area contributed by atoms with Crippen molar-refractivity contribution >= 4 is 34.8 Å². The number of rotatable bonds is 8. The third-order valence-electron chi connectivity index (χ3n) is 5.36. The monoisotopic (exact) mass is 429 g/mol. The van der Waals surface area contributed by atoms with Crippen molar-refractivity contribution < 1.29 is 14.3 Å². The Morgan fingerprint density at radius 3 is 2.63 bits per heavy atom. The molecule has 0 spiro atoms. The van der Waals surface area contributed by atoms with Crippen LogP contribution in [0.5, 0.6) is 5.75 Å². The normalized spacial score (nSPS) is 14.4. The lowest BCUT2D eigenvalue weighted by Crippen LogP contribution is -2.38. The summed E-state index contributed by atoms with van der Waals surface area (Å²) in [6.45, 7) is 3.89. The van der Waals surface area contributed by atoms with Gasteiger partial charge in [-0.1, -0.05) is 23.7 Å². The fourth-order valence-corrected chi connectivity index (χ4v) is 3.89. The highest BCUT2D eigenvalue weighted by molar-refractivity contribution is 6.30. The molecule has 0 aromatic heterocycles. The molecular formula is C23H28ClN3O3. The number of piperidine rings is 1. The fraction of sp³-hybridized carbons (Fsp3) is 0.391. The number of primary amides is 1. The Bertz CT molecular complexity index is 895. The quantitative estimate of drug-likeness (QED) is 0.617. The molecule has 0 bridgehead atoms. The average Bonchev–Trinajstić information content (AvgIpc) is 2.73. The van der Waals surface area contributed by atoms with Gasteiger partial charge in [0.25, 0.3) is 0 Å². The molecule has 3 N–H and O–H groups in total. The van der Waals surface area contributed by atoms with Crippen LogP contribution in [0.15, 0.2) is 42.5 Å². The highest BCUT2D eigenvalue weighted by Gasteiger charge is 2.24. The van der Waals surface area contributed by atoms with Crippen LogP contribution in [0.3, 0.4) is 0 Å². The van der Waals surface area contributed by atoms with Crippen molar-refractivity contribution in [2.24, 2.45) is 11.7 Å². The molecule has 1 aliphatic heterocycles. The summed E-state index contributed by atoms with van der Waals surface area (Å²) in [4.78, 5) is 26.0. The Morgan fingerprint density at radius 1 is 1.20 bits per heavy atom. The predicted molar refractivity (Wildman–Crippen MR) is 120 cm³/mol. The molecule has 0 atom stereocenters. The van der Waals surface area contributed by atoms with Gasteiger partial charge in [-0.3, -0.25) is 9.59 Å². The molecule has 0 radical (unpaired) electrons. The molecule has 1 saturated heterocycles. The molecule has 1 heterocycles. The van der Waals surface area contributed by atoms with Gasteiger partial charge in [-0.25, -0.2) is 0 Å². The van der Waals surface area contributed by atoms with Crippen molar-refractivity contribution in [3.8, 4) is 5.75 Å². The van der Waals surface area contributed by atoms with Crippen LogP contribution >= 0.6 is 11.6 Å². The Morgan fingerprint density at radius 2 is 1.93 bits per heavy atom. The zero-order valence-corrected chi connectivity index (χ0v) is 18.0. The van der Waals surface area contributed by atoms with E-state index >= 15 is 0 Å². The molecule has 2 amide bonds. The van der Waals surface area contributed by atoms with Gasteiger partial charge in [0.05, 0.1) is 18.0 Å². The Balaban J connectivity index is 1.49. The van der Waals surface area contributed by atoms with Gasteiger partial charge in [0.2, 0.25) is 11.8 Å². The largest absolute Gasteiger partial charge is 0.493 e. The molecular weight excluding hydrogens is 402 g/mol. The number of carbonyl (C=O) groups is 2. The maximum atomic E-state index is 12.4. The lowest BCUT2D eigenvalue weighted by Gasteiger charge is -2.33. The second-order valence-corrected chi connectivity index (χ2v) is 8.03. The summed E-state index contributed by atoms with van der Waals surface area (Å²) in [7, 11) is 0. The second kappa shape index (κ2) is 10.3. The Labute approximate surface area is 182 Å². The summed E-state index contributed by atoms with van der Waals surface area (Å²) in [6.07, 6.45) is 2.45. The van der Waals surface area contributed by atoms with Crippen LogP contribution in [0.25, 0.3) is 0 Å². The maximum absolute atomic E-state index is 12.4.